The second-order valence-corrected chi connectivity index (χ2v) is 9.37. The molecule has 0 heterocycles. The van der Waals surface area contributed by atoms with Gasteiger partial charge in [-0.3, -0.25) is 0 Å². The third kappa shape index (κ3) is 3.61. The molecule has 0 fully saturated rings. The molecule has 0 aromatic heterocycles. The molecule has 19 heavy (non-hydrogen) atoms. The van der Waals surface area contributed by atoms with Crippen LogP contribution in [-0.4, -0.2) is 0 Å². The fourth-order valence-electron chi connectivity index (χ4n) is 1.80. The highest BCUT2D eigenvalue weighted by Gasteiger charge is 2.22. The predicted molar refractivity (Wildman–Crippen MR) is 84.6 cm³/mol. The van der Waals surface area contributed by atoms with E-state index < -0.39 is 0 Å². The molecule has 2 rings (SSSR count). The van der Waals surface area contributed by atoms with Crippen molar-refractivity contribution < 1.29 is 21.2 Å². The molecule has 0 spiro atoms. The van der Waals surface area contributed by atoms with E-state index in [-0.39, 0.29) is 21.2 Å². The summed E-state index contributed by atoms with van der Waals surface area (Å²) in [4.78, 5) is 0. The molecule has 2 aromatic rings. The van der Waals surface area contributed by atoms with Crippen LogP contribution in [0.1, 0.15) is 22.3 Å². The first-order valence-corrected chi connectivity index (χ1v) is 9.81. The summed E-state index contributed by atoms with van der Waals surface area (Å²) in [6.45, 7) is 8.74. The van der Waals surface area contributed by atoms with Crippen LogP contribution in [0.25, 0.3) is 0 Å². The van der Waals surface area contributed by atoms with Crippen LogP contribution in [0.15, 0.2) is 33.2 Å². The van der Waals surface area contributed by atoms with Crippen LogP contribution in [0.2, 0.25) is 0 Å². The average Bonchev–Trinajstić information content (AvgIpc) is 2.32. The largest absolute Gasteiger partial charge is 0.358 e. The lowest BCUT2D eigenvalue weighted by Crippen LogP contribution is -3.62. The maximum absolute atomic E-state index is 3.61. The first-order valence-electron chi connectivity index (χ1n) is 6.07. The van der Waals surface area contributed by atoms with Gasteiger partial charge in [-0.25, -0.2) is 0 Å². The lowest BCUT2D eigenvalue weighted by Gasteiger charge is -2.02. The molecular weight excluding hydrogens is 479 g/mol. The maximum atomic E-state index is 3.61. The second kappa shape index (κ2) is 6.27. The number of halogens is 3. The smallest absolute Gasteiger partial charge is 0.0505 e. The van der Waals surface area contributed by atoms with Crippen molar-refractivity contribution in [3.8, 4) is 0 Å². The fraction of sp³-hybridized carbons (Fsp3) is 0.250. The highest BCUT2D eigenvalue weighted by molar-refractivity contribution is 9.10. The van der Waals surface area contributed by atoms with Crippen LogP contribution in [-0.2, 0) is 0 Å². The minimum Gasteiger partial charge on any atom is -0.0505 e. The number of benzene rings is 2. The SMILES string of the molecule is Cc1cc([I+]c2cc(C)c(Br)cc2C)c(C)cc1Br. The number of hydrogen-bond acceptors (Lipinski definition) is 0. The Hall–Kier alpha value is 0.130. The van der Waals surface area contributed by atoms with E-state index in [9.17, 15) is 0 Å². The highest BCUT2D eigenvalue weighted by Crippen LogP contribution is 2.18. The average molecular weight is 495 g/mol. The Kier molecular flexibility index (Phi) is 5.12. The number of aryl methyl sites for hydroxylation is 4. The van der Waals surface area contributed by atoms with Gasteiger partial charge in [-0.05, 0) is 63.1 Å². The van der Waals surface area contributed by atoms with Gasteiger partial charge < -0.3 is 0 Å². The van der Waals surface area contributed by atoms with Gasteiger partial charge in [0, 0.05) is 20.1 Å². The number of hydrogen-bond donors (Lipinski definition) is 0. The van der Waals surface area contributed by atoms with Gasteiger partial charge in [0.1, 0.15) is 0 Å². The van der Waals surface area contributed by atoms with Crippen molar-refractivity contribution in [1.29, 1.82) is 0 Å². The van der Waals surface area contributed by atoms with Gasteiger partial charge >= 0.3 is 21.2 Å². The van der Waals surface area contributed by atoms with E-state index >= 15 is 0 Å². The van der Waals surface area contributed by atoms with Gasteiger partial charge in [0.05, 0.1) is 0 Å². The molecule has 0 aliphatic heterocycles. The Bertz CT molecular complexity index is 578. The van der Waals surface area contributed by atoms with E-state index in [0.29, 0.717) is 0 Å². The van der Waals surface area contributed by atoms with Gasteiger partial charge in [-0.15, -0.1) is 0 Å². The molecule has 0 bridgehead atoms. The summed E-state index contributed by atoms with van der Waals surface area (Å²) in [7, 11) is 0. The normalized spacial score (nSPS) is 10.8. The molecule has 0 unspecified atom stereocenters. The summed E-state index contributed by atoms with van der Waals surface area (Å²) in [6, 6.07) is 9.16. The monoisotopic (exact) mass is 493 g/mol. The summed E-state index contributed by atoms with van der Waals surface area (Å²) in [5.41, 5.74) is 5.44. The van der Waals surface area contributed by atoms with Crippen LogP contribution in [0, 0.1) is 34.8 Å². The summed E-state index contributed by atoms with van der Waals surface area (Å²) in [5, 5.41) is 0. The van der Waals surface area contributed by atoms with Crippen molar-refractivity contribution in [1.82, 2.24) is 0 Å². The van der Waals surface area contributed by atoms with Crippen molar-refractivity contribution in [2.24, 2.45) is 0 Å². The lowest BCUT2D eigenvalue weighted by atomic mass is 10.2. The van der Waals surface area contributed by atoms with Crippen molar-refractivity contribution in [3.63, 3.8) is 0 Å². The first kappa shape index (κ1) is 15.5. The van der Waals surface area contributed by atoms with Crippen molar-refractivity contribution in [3.05, 3.63) is 62.6 Å². The molecule has 0 aliphatic rings. The Morgan fingerprint density at radius 1 is 0.632 bits per heavy atom. The molecule has 0 aliphatic carbocycles. The molecule has 3 heteroatoms. The van der Waals surface area contributed by atoms with Gasteiger partial charge in [0.25, 0.3) is 0 Å². The standard InChI is InChI=1S/C16H16Br2I/c1-9-7-15(11(3)5-13(9)17)19-16-8-10(2)14(18)6-12(16)4/h5-8H,1-4H3/q+1. The third-order valence-electron chi connectivity index (χ3n) is 3.08. The minimum absolute atomic E-state index is 0.115. The van der Waals surface area contributed by atoms with Crippen molar-refractivity contribution in [2.75, 3.05) is 0 Å². The van der Waals surface area contributed by atoms with Gasteiger partial charge in [0.2, 0.25) is 0 Å². The molecule has 2 aromatic carbocycles. The Morgan fingerprint density at radius 2 is 1.00 bits per heavy atom. The van der Waals surface area contributed by atoms with E-state index in [1.165, 1.54) is 38.3 Å². The van der Waals surface area contributed by atoms with Gasteiger partial charge in [0.15, 0.2) is 7.14 Å². The lowest BCUT2D eigenvalue weighted by molar-refractivity contribution is -0.598. The molecule has 0 saturated carbocycles. The van der Waals surface area contributed by atoms with E-state index in [1.54, 1.807) is 0 Å². The summed E-state index contributed by atoms with van der Waals surface area (Å²) < 4.78 is 5.46. The van der Waals surface area contributed by atoms with Crippen molar-refractivity contribution >= 4 is 31.9 Å². The van der Waals surface area contributed by atoms with Crippen LogP contribution >= 0.6 is 31.9 Å². The van der Waals surface area contributed by atoms with E-state index in [0.717, 1.165) is 0 Å². The molecule has 0 amide bonds. The zero-order valence-corrected chi connectivity index (χ0v) is 16.8. The highest BCUT2D eigenvalue weighted by atomic mass is 127. The quantitative estimate of drug-likeness (QED) is 0.563. The predicted octanol–water partition coefficient (Wildman–Crippen LogP) is 2.57. The summed E-state index contributed by atoms with van der Waals surface area (Å²) in [5.74, 6) is 0. The topological polar surface area (TPSA) is 0 Å². The molecule has 0 radical (unpaired) electrons. The van der Waals surface area contributed by atoms with E-state index in [2.05, 4.69) is 83.8 Å². The molecular formula is C16H16Br2I+. The Balaban J connectivity index is 2.42. The van der Waals surface area contributed by atoms with Crippen LogP contribution in [0.4, 0.5) is 0 Å². The number of rotatable bonds is 2. The maximum Gasteiger partial charge on any atom is 0.358 e. The first-order chi connectivity index (χ1) is 8.88. The van der Waals surface area contributed by atoms with E-state index in [1.807, 2.05) is 0 Å². The molecule has 0 N–H and O–H groups in total. The molecule has 0 atom stereocenters. The summed E-state index contributed by atoms with van der Waals surface area (Å²) in [6.07, 6.45) is 0. The fourth-order valence-corrected chi connectivity index (χ4v) is 5.75. The zero-order valence-electron chi connectivity index (χ0n) is 11.4. The minimum atomic E-state index is -0.115. The summed E-state index contributed by atoms with van der Waals surface area (Å²) >= 11 is 7.10. The molecule has 100 valence electrons. The van der Waals surface area contributed by atoms with Crippen molar-refractivity contribution in [2.45, 2.75) is 27.7 Å². The molecule has 0 nitrogen and oxygen atoms in total. The van der Waals surface area contributed by atoms with Gasteiger partial charge in [-0.2, -0.15) is 0 Å². The van der Waals surface area contributed by atoms with Gasteiger partial charge in [-0.1, -0.05) is 31.9 Å². The van der Waals surface area contributed by atoms with E-state index in [4.69, 9.17) is 0 Å². The van der Waals surface area contributed by atoms with Crippen LogP contribution < -0.4 is 21.2 Å². The van der Waals surface area contributed by atoms with Crippen LogP contribution in [0.3, 0.4) is 0 Å². The van der Waals surface area contributed by atoms with Crippen LogP contribution in [0.5, 0.6) is 0 Å². The third-order valence-corrected chi connectivity index (χ3v) is 8.28. The second-order valence-electron chi connectivity index (χ2n) is 4.80. The Labute approximate surface area is 142 Å². The zero-order chi connectivity index (χ0) is 14.2. The Morgan fingerprint density at radius 3 is 1.37 bits per heavy atom. The molecule has 0 saturated heterocycles.